The van der Waals surface area contributed by atoms with Crippen molar-refractivity contribution in [1.29, 1.82) is 0 Å². The van der Waals surface area contributed by atoms with Crippen molar-refractivity contribution in [2.45, 2.75) is 33.1 Å². The van der Waals surface area contributed by atoms with Crippen LogP contribution in [0.15, 0.2) is 36.5 Å². The molecule has 0 aliphatic rings. The van der Waals surface area contributed by atoms with Crippen molar-refractivity contribution in [2.75, 3.05) is 6.54 Å². The number of benzene rings is 1. The van der Waals surface area contributed by atoms with Gasteiger partial charge in [-0.05, 0) is 24.5 Å². The van der Waals surface area contributed by atoms with E-state index in [1.807, 2.05) is 44.2 Å². The Labute approximate surface area is 135 Å². The molecule has 0 spiro atoms. The molecular formula is C18H22N2O3. The largest absolute Gasteiger partial charge is 0.481 e. The molecule has 0 aliphatic heterocycles. The Balaban J connectivity index is 2.09. The zero-order valence-electron chi connectivity index (χ0n) is 13.5. The summed E-state index contributed by atoms with van der Waals surface area (Å²) in [6.45, 7) is 3.81. The molecule has 5 heteroatoms. The number of amides is 1. The Bertz CT molecular complexity index is 703. The molecular weight excluding hydrogens is 292 g/mol. The second kappa shape index (κ2) is 7.22. The predicted molar refractivity (Wildman–Crippen MR) is 89.1 cm³/mol. The van der Waals surface area contributed by atoms with Crippen LogP contribution < -0.4 is 5.32 Å². The topological polar surface area (TPSA) is 79.3 Å². The molecule has 1 aromatic carbocycles. The zero-order chi connectivity index (χ0) is 16.9. The average molecular weight is 314 g/mol. The average Bonchev–Trinajstić information content (AvgIpc) is 2.56. The first-order valence-corrected chi connectivity index (χ1v) is 7.85. The van der Waals surface area contributed by atoms with Crippen molar-refractivity contribution >= 4 is 22.8 Å². The van der Waals surface area contributed by atoms with E-state index in [2.05, 4.69) is 10.3 Å². The van der Waals surface area contributed by atoms with Gasteiger partial charge < -0.3 is 10.4 Å². The smallest absolute Gasteiger partial charge is 0.311 e. The Hall–Kier alpha value is -2.43. The number of hydrogen-bond acceptors (Lipinski definition) is 3. The van der Waals surface area contributed by atoms with Gasteiger partial charge in [0.2, 0.25) is 5.91 Å². The molecule has 0 saturated carbocycles. The van der Waals surface area contributed by atoms with E-state index >= 15 is 0 Å². The van der Waals surface area contributed by atoms with Crippen LogP contribution in [0.5, 0.6) is 0 Å². The lowest BCUT2D eigenvalue weighted by Gasteiger charge is -2.26. The first kappa shape index (κ1) is 16.9. The first-order valence-electron chi connectivity index (χ1n) is 7.85. The first-order chi connectivity index (χ1) is 11.0. The van der Waals surface area contributed by atoms with E-state index < -0.39 is 11.4 Å². The second-order valence-electron chi connectivity index (χ2n) is 5.74. The van der Waals surface area contributed by atoms with E-state index in [9.17, 15) is 14.7 Å². The van der Waals surface area contributed by atoms with Crippen molar-refractivity contribution in [3.8, 4) is 0 Å². The van der Waals surface area contributed by atoms with Crippen LogP contribution in [0.3, 0.4) is 0 Å². The number of rotatable bonds is 7. The molecule has 2 aromatic rings. The fraction of sp³-hybridized carbons (Fsp3) is 0.389. The number of carbonyl (C=O) groups is 2. The number of hydrogen-bond donors (Lipinski definition) is 2. The van der Waals surface area contributed by atoms with Crippen LogP contribution in [0, 0.1) is 5.41 Å². The summed E-state index contributed by atoms with van der Waals surface area (Å²) < 4.78 is 0. The number of aromatic nitrogens is 1. The van der Waals surface area contributed by atoms with Gasteiger partial charge in [0, 0.05) is 18.1 Å². The molecule has 1 amide bonds. The molecule has 0 bridgehead atoms. The standard InChI is InChI=1S/C18H22N2O3/c1-3-18(4-2,17(22)23)12-20-15(21)11-14-8-5-7-13-9-6-10-19-16(13)14/h5-10H,3-4,11-12H2,1-2H3,(H,20,21)(H,22,23). The van der Waals surface area contributed by atoms with Gasteiger partial charge in [-0.15, -0.1) is 0 Å². The van der Waals surface area contributed by atoms with Gasteiger partial charge in [0.05, 0.1) is 17.4 Å². The Morgan fingerprint density at radius 1 is 1.17 bits per heavy atom. The van der Waals surface area contributed by atoms with Crippen molar-refractivity contribution in [3.05, 3.63) is 42.1 Å². The summed E-state index contributed by atoms with van der Waals surface area (Å²) in [5.74, 6) is -1.05. The highest BCUT2D eigenvalue weighted by molar-refractivity contribution is 5.87. The molecule has 0 radical (unpaired) electrons. The van der Waals surface area contributed by atoms with Crippen LogP contribution in [0.2, 0.25) is 0 Å². The Kier molecular flexibility index (Phi) is 5.32. The Morgan fingerprint density at radius 3 is 2.52 bits per heavy atom. The minimum atomic E-state index is -0.896. The van der Waals surface area contributed by atoms with Crippen LogP contribution in [0.25, 0.3) is 10.9 Å². The van der Waals surface area contributed by atoms with Gasteiger partial charge in [-0.3, -0.25) is 14.6 Å². The lowest BCUT2D eigenvalue weighted by atomic mass is 9.82. The molecule has 0 aliphatic carbocycles. The number of nitrogens with one attached hydrogen (secondary N) is 1. The van der Waals surface area contributed by atoms with Crippen LogP contribution in [-0.2, 0) is 16.0 Å². The van der Waals surface area contributed by atoms with Gasteiger partial charge in [0.1, 0.15) is 0 Å². The number of nitrogens with zero attached hydrogens (tertiary/aromatic N) is 1. The summed E-state index contributed by atoms with van der Waals surface area (Å²) in [4.78, 5) is 28.0. The van der Waals surface area contributed by atoms with Crippen molar-refractivity contribution < 1.29 is 14.7 Å². The van der Waals surface area contributed by atoms with Crippen LogP contribution in [-0.4, -0.2) is 28.5 Å². The minimum Gasteiger partial charge on any atom is -0.481 e. The fourth-order valence-electron chi connectivity index (χ4n) is 2.69. The van der Waals surface area contributed by atoms with Gasteiger partial charge in [0.25, 0.3) is 0 Å². The van der Waals surface area contributed by atoms with Gasteiger partial charge in [-0.1, -0.05) is 38.1 Å². The molecule has 2 rings (SSSR count). The number of para-hydroxylation sites is 1. The lowest BCUT2D eigenvalue weighted by Crippen LogP contribution is -2.42. The highest BCUT2D eigenvalue weighted by atomic mass is 16.4. The van der Waals surface area contributed by atoms with Gasteiger partial charge in [-0.2, -0.15) is 0 Å². The molecule has 122 valence electrons. The van der Waals surface area contributed by atoms with Crippen LogP contribution in [0.1, 0.15) is 32.3 Å². The van der Waals surface area contributed by atoms with Crippen molar-refractivity contribution in [2.24, 2.45) is 5.41 Å². The Morgan fingerprint density at radius 2 is 1.87 bits per heavy atom. The monoisotopic (exact) mass is 314 g/mol. The summed E-state index contributed by atoms with van der Waals surface area (Å²) in [7, 11) is 0. The molecule has 5 nitrogen and oxygen atoms in total. The highest BCUT2D eigenvalue weighted by Crippen LogP contribution is 2.25. The maximum absolute atomic E-state index is 12.2. The molecule has 0 unspecified atom stereocenters. The quantitative estimate of drug-likeness (QED) is 0.823. The molecule has 0 fully saturated rings. The number of aliphatic carboxylic acids is 1. The van der Waals surface area contributed by atoms with E-state index in [1.165, 1.54) is 0 Å². The summed E-state index contributed by atoms with van der Waals surface area (Å²) in [5, 5.41) is 13.2. The summed E-state index contributed by atoms with van der Waals surface area (Å²) in [5.41, 5.74) is 0.752. The van der Waals surface area contributed by atoms with E-state index in [4.69, 9.17) is 0 Å². The molecule has 0 atom stereocenters. The lowest BCUT2D eigenvalue weighted by molar-refractivity contribution is -0.149. The summed E-state index contributed by atoms with van der Waals surface area (Å²) in [6, 6.07) is 9.53. The fourth-order valence-corrected chi connectivity index (χ4v) is 2.69. The van der Waals surface area contributed by atoms with Gasteiger partial charge >= 0.3 is 5.97 Å². The number of pyridine rings is 1. The second-order valence-corrected chi connectivity index (χ2v) is 5.74. The maximum atomic E-state index is 12.2. The minimum absolute atomic E-state index is 0.145. The van der Waals surface area contributed by atoms with E-state index in [-0.39, 0.29) is 18.9 Å². The van der Waals surface area contributed by atoms with E-state index in [0.717, 1.165) is 16.5 Å². The highest BCUT2D eigenvalue weighted by Gasteiger charge is 2.35. The molecule has 1 aromatic heterocycles. The SMILES string of the molecule is CCC(CC)(CNC(=O)Cc1cccc2cccnc12)C(=O)O. The van der Waals surface area contributed by atoms with E-state index in [0.29, 0.717) is 12.8 Å². The molecule has 2 N–H and O–H groups in total. The van der Waals surface area contributed by atoms with Gasteiger partial charge in [0.15, 0.2) is 0 Å². The van der Waals surface area contributed by atoms with E-state index in [1.54, 1.807) is 6.20 Å². The number of carbonyl (C=O) groups excluding carboxylic acids is 1. The number of carboxylic acids is 1. The van der Waals surface area contributed by atoms with Crippen molar-refractivity contribution in [1.82, 2.24) is 10.3 Å². The summed E-state index contributed by atoms with van der Waals surface area (Å²) in [6.07, 6.45) is 2.86. The maximum Gasteiger partial charge on any atom is 0.311 e. The molecule has 1 heterocycles. The van der Waals surface area contributed by atoms with Gasteiger partial charge in [-0.25, -0.2) is 0 Å². The normalized spacial score (nSPS) is 11.4. The predicted octanol–water partition coefficient (Wildman–Crippen LogP) is 2.78. The molecule has 23 heavy (non-hydrogen) atoms. The third-order valence-electron chi connectivity index (χ3n) is 4.50. The van der Waals surface area contributed by atoms with Crippen LogP contribution in [0.4, 0.5) is 0 Å². The van der Waals surface area contributed by atoms with Crippen molar-refractivity contribution in [3.63, 3.8) is 0 Å². The third kappa shape index (κ3) is 3.67. The number of carboxylic acid groups (broad SMARTS) is 1. The third-order valence-corrected chi connectivity index (χ3v) is 4.50. The number of fused-ring (bicyclic) bond motifs is 1. The van der Waals surface area contributed by atoms with Crippen LogP contribution >= 0.6 is 0 Å². The zero-order valence-corrected chi connectivity index (χ0v) is 13.5. The summed E-state index contributed by atoms with van der Waals surface area (Å²) >= 11 is 0. The molecule has 0 saturated heterocycles.